The van der Waals surface area contributed by atoms with Crippen LogP contribution in [0, 0.1) is 0 Å². The van der Waals surface area contributed by atoms with E-state index in [0.717, 1.165) is 5.01 Å². The molecule has 0 saturated carbocycles. The first kappa shape index (κ1) is 17.9. The van der Waals surface area contributed by atoms with Crippen molar-refractivity contribution >= 4 is 34.9 Å². The van der Waals surface area contributed by atoms with Crippen molar-refractivity contribution in [2.24, 2.45) is 0 Å². The van der Waals surface area contributed by atoms with Crippen molar-refractivity contribution in [3.63, 3.8) is 0 Å². The molecule has 0 bridgehead atoms. The van der Waals surface area contributed by atoms with E-state index < -0.39 is 11.6 Å². The Kier molecular flexibility index (Phi) is 4.37. The van der Waals surface area contributed by atoms with Gasteiger partial charge in [-0.05, 0) is 24.6 Å². The number of rotatable bonds is 3. The van der Waals surface area contributed by atoms with Crippen molar-refractivity contribution in [1.29, 1.82) is 0 Å². The van der Waals surface area contributed by atoms with Crippen LogP contribution in [0.15, 0.2) is 29.6 Å². The van der Waals surface area contributed by atoms with Gasteiger partial charge in [0.25, 0.3) is 5.91 Å². The van der Waals surface area contributed by atoms with Gasteiger partial charge in [0.2, 0.25) is 0 Å². The first-order valence-corrected chi connectivity index (χ1v) is 9.22. The minimum Gasteiger partial charge on any atom is -0.319 e. The Hall–Kier alpha value is -1.92. The van der Waals surface area contributed by atoms with Gasteiger partial charge in [-0.15, -0.1) is 11.3 Å². The summed E-state index contributed by atoms with van der Waals surface area (Å²) in [5.74, 6) is -0.301. The summed E-state index contributed by atoms with van der Waals surface area (Å²) in [5, 5.41) is 6.18. The number of hydrogen-bond donors (Lipinski definition) is 1. The normalized spacial score (nSPS) is 20.9. The number of nitrogens with zero attached hydrogens (tertiary/aromatic N) is 2. The van der Waals surface area contributed by atoms with E-state index in [-0.39, 0.29) is 17.9 Å². The third-order valence-electron chi connectivity index (χ3n) is 4.19. The third kappa shape index (κ3) is 3.28. The minimum atomic E-state index is -1.12. The van der Waals surface area contributed by atoms with Crippen LogP contribution in [-0.4, -0.2) is 21.8 Å². The van der Waals surface area contributed by atoms with E-state index in [1.54, 1.807) is 42.5 Å². The number of aromatic nitrogens is 1. The molecule has 1 aromatic carbocycles. The van der Waals surface area contributed by atoms with E-state index >= 15 is 0 Å². The summed E-state index contributed by atoms with van der Waals surface area (Å²) >= 11 is 7.58. The zero-order valence-electron chi connectivity index (χ0n) is 14.6. The van der Waals surface area contributed by atoms with Gasteiger partial charge in [-0.1, -0.05) is 44.5 Å². The lowest BCUT2D eigenvalue weighted by molar-refractivity contribution is -0.131. The van der Waals surface area contributed by atoms with Crippen LogP contribution in [0.1, 0.15) is 44.0 Å². The first-order valence-electron chi connectivity index (χ1n) is 7.96. The Morgan fingerprint density at radius 2 is 2.04 bits per heavy atom. The number of imide groups is 1. The summed E-state index contributed by atoms with van der Waals surface area (Å²) in [4.78, 5) is 31.1. The molecule has 3 rings (SSSR count). The molecule has 1 aliphatic rings. The highest BCUT2D eigenvalue weighted by atomic mass is 35.5. The van der Waals surface area contributed by atoms with Crippen molar-refractivity contribution in [2.75, 3.05) is 0 Å². The molecule has 2 heterocycles. The number of amides is 3. The fourth-order valence-electron chi connectivity index (χ4n) is 2.72. The topological polar surface area (TPSA) is 62.3 Å². The van der Waals surface area contributed by atoms with Crippen LogP contribution in [-0.2, 0) is 22.3 Å². The molecule has 0 aliphatic carbocycles. The van der Waals surface area contributed by atoms with Gasteiger partial charge in [0.1, 0.15) is 5.54 Å². The Balaban J connectivity index is 1.86. The van der Waals surface area contributed by atoms with Gasteiger partial charge in [-0.2, -0.15) is 0 Å². The molecule has 1 fully saturated rings. The van der Waals surface area contributed by atoms with Crippen LogP contribution >= 0.6 is 22.9 Å². The zero-order valence-corrected chi connectivity index (χ0v) is 16.2. The second kappa shape index (κ2) is 6.11. The van der Waals surface area contributed by atoms with Gasteiger partial charge in [0.05, 0.1) is 17.2 Å². The molecule has 25 heavy (non-hydrogen) atoms. The molecular weight excluding hydrogens is 358 g/mol. The lowest BCUT2D eigenvalue weighted by atomic mass is 9.92. The van der Waals surface area contributed by atoms with Crippen LogP contribution in [0.2, 0.25) is 5.02 Å². The predicted octanol–water partition coefficient (Wildman–Crippen LogP) is 4.06. The van der Waals surface area contributed by atoms with E-state index in [4.69, 9.17) is 11.6 Å². The lowest BCUT2D eigenvalue weighted by Gasteiger charge is -2.22. The highest BCUT2D eigenvalue weighted by Crippen LogP contribution is 2.32. The van der Waals surface area contributed by atoms with Crippen LogP contribution < -0.4 is 5.32 Å². The quantitative estimate of drug-likeness (QED) is 0.820. The summed E-state index contributed by atoms with van der Waals surface area (Å²) in [6, 6.07) is 6.56. The second-order valence-electron chi connectivity index (χ2n) is 7.35. The summed E-state index contributed by atoms with van der Waals surface area (Å²) in [6.07, 6.45) is 0. The maximum absolute atomic E-state index is 12.9. The molecule has 132 valence electrons. The number of carbonyl (C=O) groups is 2. The second-order valence-corrected chi connectivity index (χ2v) is 8.65. The van der Waals surface area contributed by atoms with Crippen molar-refractivity contribution in [2.45, 2.75) is 45.2 Å². The van der Waals surface area contributed by atoms with Gasteiger partial charge >= 0.3 is 6.03 Å². The molecule has 1 N–H and O–H groups in total. The monoisotopic (exact) mass is 377 g/mol. The Morgan fingerprint density at radius 3 is 2.64 bits per heavy atom. The number of nitrogens with one attached hydrogen (secondary N) is 1. The molecule has 3 amide bonds. The average molecular weight is 378 g/mol. The van der Waals surface area contributed by atoms with Gasteiger partial charge < -0.3 is 5.32 Å². The highest BCUT2D eigenvalue weighted by molar-refractivity contribution is 7.09. The van der Waals surface area contributed by atoms with E-state index in [9.17, 15) is 9.59 Å². The number of carbonyl (C=O) groups excluding carboxylic acids is 2. The molecular formula is C18H20ClN3O2S. The molecule has 1 saturated heterocycles. The molecule has 1 atom stereocenters. The molecule has 0 spiro atoms. The third-order valence-corrected chi connectivity index (χ3v) is 5.74. The Morgan fingerprint density at radius 1 is 1.32 bits per heavy atom. The average Bonchev–Trinajstić information content (AvgIpc) is 3.07. The van der Waals surface area contributed by atoms with E-state index in [1.807, 2.05) is 5.38 Å². The number of benzene rings is 1. The molecule has 2 aromatic rings. The minimum absolute atomic E-state index is 0.0600. The van der Waals surface area contributed by atoms with E-state index in [2.05, 4.69) is 31.1 Å². The van der Waals surface area contributed by atoms with Gasteiger partial charge in [0, 0.05) is 15.8 Å². The summed E-state index contributed by atoms with van der Waals surface area (Å²) in [7, 11) is 0. The largest absolute Gasteiger partial charge is 0.325 e. The van der Waals surface area contributed by atoms with Crippen molar-refractivity contribution in [3.8, 4) is 0 Å². The van der Waals surface area contributed by atoms with Gasteiger partial charge in [-0.25, -0.2) is 9.78 Å². The molecule has 0 radical (unpaired) electrons. The lowest BCUT2D eigenvalue weighted by Crippen LogP contribution is -2.40. The zero-order chi connectivity index (χ0) is 18.4. The van der Waals surface area contributed by atoms with Crippen molar-refractivity contribution in [3.05, 3.63) is 50.9 Å². The van der Waals surface area contributed by atoms with Crippen LogP contribution in [0.25, 0.3) is 0 Å². The summed E-state index contributed by atoms with van der Waals surface area (Å²) in [6.45, 7) is 8.10. The fourth-order valence-corrected chi connectivity index (χ4v) is 3.81. The molecule has 1 aromatic heterocycles. The Labute approximate surface area is 156 Å². The van der Waals surface area contributed by atoms with E-state index in [0.29, 0.717) is 16.3 Å². The number of urea groups is 1. The van der Waals surface area contributed by atoms with Crippen molar-refractivity contribution < 1.29 is 9.59 Å². The fraction of sp³-hybridized carbons (Fsp3) is 0.389. The molecule has 1 unspecified atom stereocenters. The summed E-state index contributed by atoms with van der Waals surface area (Å²) in [5.41, 5.74) is 0.198. The van der Waals surface area contributed by atoms with Gasteiger partial charge in [-0.3, -0.25) is 9.69 Å². The van der Waals surface area contributed by atoms with Crippen LogP contribution in [0.5, 0.6) is 0 Å². The number of hydrogen-bond acceptors (Lipinski definition) is 4. The summed E-state index contributed by atoms with van der Waals surface area (Å²) < 4.78 is 0. The van der Waals surface area contributed by atoms with Crippen molar-refractivity contribution in [1.82, 2.24) is 15.2 Å². The molecule has 1 aliphatic heterocycles. The predicted molar refractivity (Wildman–Crippen MR) is 98.7 cm³/mol. The van der Waals surface area contributed by atoms with Crippen LogP contribution in [0.3, 0.4) is 0 Å². The SMILES string of the molecule is CC(C)(C)c1nc(CN2C(=O)NC(C)(c3cccc(Cl)c3)C2=O)cs1. The van der Waals surface area contributed by atoms with Crippen LogP contribution in [0.4, 0.5) is 4.79 Å². The number of halogens is 1. The maximum Gasteiger partial charge on any atom is 0.325 e. The molecule has 5 nitrogen and oxygen atoms in total. The molecule has 7 heteroatoms. The standard InChI is InChI=1S/C18H20ClN3O2S/c1-17(2,3)14-20-13(10-25-14)9-22-15(23)18(4,21-16(22)24)11-6-5-7-12(19)8-11/h5-8,10H,9H2,1-4H3,(H,21,24). The number of thiazole rings is 1. The maximum atomic E-state index is 12.9. The Bertz CT molecular complexity index is 843. The van der Waals surface area contributed by atoms with Gasteiger partial charge in [0.15, 0.2) is 0 Å². The first-order chi connectivity index (χ1) is 11.6. The van der Waals surface area contributed by atoms with E-state index in [1.165, 1.54) is 4.90 Å². The highest BCUT2D eigenvalue weighted by Gasteiger charge is 2.49. The smallest absolute Gasteiger partial charge is 0.319 e.